The standard InChI is InChI=1S/C21H33N7.HI/c1-4-22-21(24-16-20-9-10-25-27(20)3)23-15-18-5-7-19(8-6-18)17-28-13-11-26(2)12-14-28;/h5-10H,4,11-17H2,1-3H3,(H2,22,23,24);1H. The van der Waals surface area contributed by atoms with E-state index in [0.29, 0.717) is 13.1 Å². The van der Waals surface area contributed by atoms with Crippen molar-refractivity contribution in [1.82, 2.24) is 30.2 Å². The van der Waals surface area contributed by atoms with Gasteiger partial charge in [-0.2, -0.15) is 5.10 Å². The molecule has 1 aromatic heterocycles. The SMILES string of the molecule is CCNC(=NCc1ccc(CN2CCN(C)CC2)cc1)NCc1ccnn1C.I. The molecule has 1 aromatic carbocycles. The molecule has 2 aromatic rings. The molecule has 3 rings (SSSR count). The van der Waals surface area contributed by atoms with E-state index in [-0.39, 0.29) is 24.0 Å². The summed E-state index contributed by atoms with van der Waals surface area (Å²) in [6.07, 6.45) is 1.81. The Morgan fingerprint density at radius 2 is 1.69 bits per heavy atom. The highest BCUT2D eigenvalue weighted by Gasteiger charge is 2.13. The minimum absolute atomic E-state index is 0. The van der Waals surface area contributed by atoms with Crippen LogP contribution < -0.4 is 10.6 Å². The largest absolute Gasteiger partial charge is 0.357 e. The molecule has 7 nitrogen and oxygen atoms in total. The number of benzene rings is 1. The van der Waals surface area contributed by atoms with Gasteiger partial charge >= 0.3 is 0 Å². The lowest BCUT2D eigenvalue weighted by molar-refractivity contribution is 0.148. The zero-order valence-electron chi connectivity index (χ0n) is 17.8. The molecule has 0 radical (unpaired) electrons. The third-order valence-corrected chi connectivity index (χ3v) is 5.15. The van der Waals surface area contributed by atoms with Gasteiger partial charge in [-0.1, -0.05) is 24.3 Å². The van der Waals surface area contributed by atoms with Gasteiger partial charge in [-0.15, -0.1) is 24.0 Å². The summed E-state index contributed by atoms with van der Waals surface area (Å²) in [6.45, 7) is 9.93. The smallest absolute Gasteiger partial charge is 0.191 e. The zero-order chi connectivity index (χ0) is 19.8. The molecule has 2 N–H and O–H groups in total. The number of guanidine groups is 1. The van der Waals surface area contributed by atoms with Crippen molar-refractivity contribution in [2.75, 3.05) is 39.8 Å². The first kappa shape index (κ1) is 23.6. The Bertz CT molecular complexity index is 749. The number of piperazine rings is 1. The minimum atomic E-state index is 0. The molecular weight excluding hydrogens is 477 g/mol. The molecule has 1 saturated heterocycles. The van der Waals surface area contributed by atoms with Crippen LogP contribution in [0.25, 0.3) is 0 Å². The van der Waals surface area contributed by atoms with Crippen molar-refractivity contribution in [3.63, 3.8) is 0 Å². The van der Waals surface area contributed by atoms with Crippen LogP contribution in [0, 0.1) is 0 Å². The maximum absolute atomic E-state index is 4.72. The number of nitrogens with one attached hydrogen (secondary N) is 2. The number of rotatable bonds is 7. The molecule has 0 amide bonds. The van der Waals surface area contributed by atoms with Gasteiger partial charge in [-0.05, 0) is 31.2 Å². The van der Waals surface area contributed by atoms with E-state index in [1.807, 2.05) is 24.0 Å². The predicted octanol–water partition coefficient (Wildman–Crippen LogP) is 2.04. The van der Waals surface area contributed by atoms with E-state index in [1.165, 1.54) is 11.1 Å². The Morgan fingerprint density at radius 1 is 1.00 bits per heavy atom. The zero-order valence-corrected chi connectivity index (χ0v) is 20.1. The van der Waals surface area contributed by atoms with Gasteiger partial charge in [-0.25, -0.2) is 4.99 Å². The molecule has 0 atom stereocenters. The third-order valence-electron chi connectivity index (χ3n) is 5.15. The van der Waals surface area contributed by atoms with Gasteiger partial charge in [0.05, 0.1) is 18.8 Å². The maximum Gasteiger partial charge on any atom is 0.191 e. The Kier molecular flexibility index (Phi) is 9.89. The van der Waals surface area contributed by atoms with Crippen molar-refractivity contribution in [2.45, 2.75) is 26.6 Å². The van der Waals surface area contributed by atoms with Crippen LogP contribution in [0.15, 0.2) is 41.5 Å². The minimum Gasteiger partial charge on any atom is -0.357 e. The average molecular weight is 511 g/mol. The van der Waals surface area contributed by atoms with Crippen LogP contribution in [-0.2, 0) is 26.7 Å². The highest BCUT2D eigenvalue weighted by molar-refractivity contribution is 14.0. The summed E-state index contributed by atoms with van der Waals surface area (Å²) in [4.78, 5) is 9.63. The fourth-order valence-corrected chi connectivity index (χ4v) is 3.28. The van der Waals surface area contributed by atoms with Crippen LogP contribution in [0.4, 0.5) is 0 Å². The van der Waals surface area contributed by atoms with E-state index in [1.54, 1.807) is 0 Å². The molecule has 8 heteroatoms. The van der Waals surface area contributed by atoms with Crippen LogP contribution in [0.1, 0.15) is 23.7 Å². The van der Waals surface area contributed by atoms with Gasteiger partial charge < -0.3 is 15.5 Å². The van der Waals surface area contributed by atoms with Crippen LogP contribution in [-0.4, -0.2) is 65.3 Å². The fraction of sp³-hybridized carbons (Fsp3) is 0.524. The Hall–Kier alpha value is -1.65. The fourth-order valence-electron chi connectivity index (χ4n) is 3.28. The summed E-state index contributed by atoms with van der Waals surface area (Å²) < 4.78 is 1.87. The summed E-state index contributed by atoms with van der Waals surface area (Å²) in [7, 11) is 4.14. The highest BCUT2D eigenvalue weighted by atomic mass is 127. The van der Waals surface area contributed by atoms with Crippen LogP contribution in [0.2, 0.25) is 0 Å². The van der Waals surface area contributed by atoms with Crippen LogP contribution >= 0.6 is 24.0 Å². The Balaban J connectivity index is 0.00000300. The summed E-state index contributed by atoms with van der Waals surface area (Å²) in [5, 5.41) is 10.9. The maximum atomic E-state index is 4.72. The molecule has 1 aliphatic rings. The van der Waals surface area contributed by atoms with Crippen molar-refractivity contribution in [3.05, 3.63) is 53.3 Å². The van der Waals surface area contributed by atoms with E-state index < -0.39 is 0 Å². The van der Waals surface area contributed by atoms with Gasteiger partial charge in [0.2, 0.25) is 0 Å². The number of hydrogen-bond donors (Lipinski definition) is 2. The van der Waals surface area contributed by atoms with Crippen molar-refractivity contribution < 1.29 is 0 Å². The lowest BCUT2D eigenvalue weighted by atomic mass is 10.1. The van der Waals surface area contributed by atoms with Crippen molar-refractivity contribution in [2.24, 2.45) is 12.0 Å². The van der Waals surface area contributed by atoms with E-state index in [4.69, 9.17) is 4.99 Å². The average Bonchev–Trinajstić information content (AvgIpc) is 3.12. The van der Waals surface area contributed by atoms with Crippen molar-refractivity contribution in [3.8, 4) is 0 Å². The van der Waals surface area contributed by atoms with E-state index >= 15 is 0 Å². The molecule has 29 heavy (non-hydrogen) atoms. The summed E-state index contributed by atoms with van der Waals surface area (Å²) in [5.74, 6) is 0.824. The second-order valence-electron chi connectivity index (χ2n) is 7.39. The van der Waals surface area contributed by atoms with Gasteiger partial charge in [0.25, 0.3) is 0 Å². The number of halogens is 1. The van der Waals surface area contributed by atoms with Crippen molar-refractivity contribution in [1.29, 1.82) is 0 Å². The molecule has 2 heterocycles. The van der Waals surface area contributed by atoms with E-state index in [0.717, 1.165) is 50.9 Å². The molecule has 0 saturated carbocycles. The monoisotopic (exact) mass is 511 g/mol. The first-order chi connectivity index (χ1) is 13.6. The number of aromatic nitrogens is 2. The van der Waals surface area contributed by atoms with E-state index in [9.17, 15) is 0 Å². The lowest BCUT2D eigenvalue weighted by Gasteiger charge is -2.32. The molecule has 0 aliphatic carbocycles. The predicted molar refractivity (Wildman–Crippen MR) is 129 cm³/mol. The van der Waals surface area contributed by atoms with Gasteiger partial charge in [0.15, 0.2) is 5.96 Å². The molecule has 0 bridgehead atoms. The van der Waals surface area contributed by atoms with Gasteiger partial charge in [0, 0.05) is 52.5 Å². The Labute approximate surface area is 191 Å². The second-order valence-corrected chi connectivity index (χ2v) is 7.39. The van der Waals surface area contributed by atoms with Gasteiger partial charge in [-0.3, -0.25) is 9.58 Å². The molecule has 0 unspecified atom stereocenters. The lowest BCUT2D eigenvalue weighted by Crippen LogP contribution is -2.43. The first-order valence-corrected chi connectivity index (χ1v) is 10.1. The summed E-state index contributed by atoms with van der Waals surface area (Å²) in [6, 6.07) is 10.9. The summed E-state index contributed by atoms with van der Waals surface area (Å²) in [5.41, 5.74) is 3.72. The van der Waals surface area contributed by atoms with Crippen LogP contribution in [0.3, 0.4) is 0 Å². The second kappa shape index (κ2) is 12.1. The first-order valence-electron chi connectivity index (χ1n) is 10.1. The highest BCUT2D eigenvalue weighted by Crippen LogP contribution is 2.10. The molecule has 1 fully saturated rings. The normalized spacial score (nSPS) is 15.8. The van der Waals surface area contributed by atoms with E-state index in [2.05, 4.69) is 63.8 Å². The molecular formula is C21H34IN7. The number of aryl methyl sites for hydroxylation is 1. The number of likely N-dealkylation sites (N-methyl/N-ethyl adjacent to an activating group) is 1. The third kappa shape index (κ3) is 7.60. The quantitative estimate of drug-likeness (QED) is 0.339. The molecule has 160 valence electrons. The number of aliphatic imine (C=N–C) groups is 1. The number of hydrogen-bond acceptors (Lipinski definition) is 4. The van der Waals surface area contributed by atoms with Crippen LogP contribution in [0.5, 0.6) is 0 Å². The van der Waals surface area contributed by atoms with Crippen molar-refractivity contribution >= 4 is 29.9 Å². The van der Waals surface area contributed by atoms with Gasteiger partial charge in [0.1, 0.15) is 0 Å². The summed E-state index contributed by atoms with van der Waals surface area (Å²) >= 11 is 0. The molecule has 0 spiro atoms. The topological polar surface area (TPSA) is 60.7 Å². The number of nitrogens with zero attached hydrogens (tertiary/aromatic N) is 5. The Morgan fingerprint density at radius 3 is 2.31 bits per heavy atom. The molecule has 1 aliphatic heterocycles.